The van der Waals surface area contributed by atoms with Gasteiger partial charge in [0, 0.05) is 17.5 Å². The summed E-state index contributed by atoms with van der Waals surface area (Å²) in [5, 5.41) is 9.36. The zero-order valence-electron chi connectivity index (χ0n) is 11.1. The van der Waals surface area contributed by atoms with Gasteiger partial charge in [0.1, 0.15) is 0 Å². The number of benzene rings is 1. The number of hydrogen-bond acceptors (Lipinski definition) is 4. The highest BCUT2D eigenvalue weighted by Gasteiger charge is 2.21. The quantitative estimate of drug-likeness (QED) is 0.856. The van der Waals surface area contributed by atoms with Crippen molar-refractivity contribution in [3.8, 4) is 6.07 Å². The Morgan fingerprint density at radius 2 is 1.85 bits per heavy atom. The van der Waals surface area contributed by atoms with E-state index in [-0.39, 0.29) is 11.7 Å². The standard InChI is InChI=1S/C14H17ClN2O2S/c15-13-1-3-14(4-2-13)20(18,19)10-9-17-7-5-12(11-16)6-8-17/h1-4,12H,5-10H2. The molecule has 0 aliphatic carbocycles. The first-order valence-corrected chi connectivity index (χ1v) is 8.64. The second-order valence-corrected chi connectivity index (χ2v) is 7.56. The molecule has 0 N–H and O–H groups in total. The fourth-order valence-corrected chi connectivity index (χ4v) is 3.71. The molecule has 1 aliphatic rings. The molecule has 0 amide bonds. The topological polar surface area (TPSA) is 61.2 Å². The van der Waals surface area contributed by atoms with Gasteiger partial charge in [-0.25, -0.2) is 8.42 Å². The highest BCUT2D eigenvalue weighted by atomic mass is 35.5. The van der Waals surface area contributed by atoms with Crippen molar-refractivity contribution in [3.05, 3.63) is 29.3 Å². The van der Waals surface area contributed by atoms with Crippen molar-refractivity contribution >= 4 is 21.4 Å². The third-order valence-electron chi connectivity index (χ3n) is 3.62. The Labute approximate surface area is 124 Å². The van der Waals surface area contributed by atoms with Gasteiger partial charge in [-0.2, -0.15) is 5.26 Å². The van der Waals surface area contributed by atoms with E-state index >= 15 is 0 Å². The fourth-order valence-electron chi connectivity index (χ4n) is 2.29. The summed E-state index contributed by atoms with van der Waals surface area (Å²) in [5.74, 6) is 0.227. The third kappa shape index (κ3) is 3.95. The van der Waals surface area contributed by atoms with E-state index in [9.17, 15) is 8.42 Å². The number of likely N-dealkylation sites (tertiary alicyclic amines) is 1. The maximum atomic E-state index is 12.2. The van der Waals surface area contributed by atoms with Crippen LogP contribution in [-0.4, -0.2) is 38.7 Å². The molecule has 20 heavy (non-hydrogen) atoms. The minimum Gasteiger partial charge on any atom is -0.302 e. The summed E-state index contributed by atoms with van der Waals surface area (Å²) in [5.41, 5.74) is 0. The molecule has 6 heteroatoms. The van der Waals surface area contributed by atoms with Crippen LogP contribution in [0.4, 0.5) is 0 Å². The summed E-state index contributed by atoms with van der Waals surface area (Å²) in [6, 6.07) is 8.53. The summed E-state index contributed by atoms with van der Waals surface area (Å²) >= 11 is 5.76. The van der Waals surface area contributed by atoms with Gasteiger partial charge < -0.3 is 4.90 Å². The second kappa shape index (κ2) is 6.57. The van der Waals surface area contributed by atoms with Gasteiger partial charge >= 0.3 is 0 Å². The molecule has 108 valence electrons. The molecule has 1 saturated heterocycles. The minimum absolute atomic E-state index is 0.103. The monoisotopic (exact) mass is 312 g/mol. The highest BCUT2D eigenvalue weighted by Crippen LogP contribution is 2.18. The lowest BCUT2D eigenvalue weighted by Gasteiger charge is -2.28. The molecule has 4 nitrogen and oxygen atoms in total. The van der Waals surface area contributed by atoms with Crippen LogP contribution in [0.2, 0.25) is 5.02 Å². The van der Waals surface area contributed by atoms with Gasteiger partial charge in [0.05, 0.1) is 16.7 Å². The van der Waals surface area contributed by atoms with Gasteiger partial charge in [0.25, 0.3) is 0 Å². The van der Waals surface area contributed by atoms with Crippen LogP contribution in [0.1, 0.15) is 12.8 Å². The number of nitrogens with zero attached hydrogens (tertiary/aromatic N) is 2. The van der Waals surface area contributed by atoms with E-state index in [1.165, 1.54) is 0 Å². The zero-order chi connectivity index (χ0) is 14.6. The number of hydrogen-bond donors (Lipinski definition) is 0. The largest absolute Gasteiger partial charge is 0.302 e. The maximum Gasteiger partial charge on any atom is 0.179 e. The Kier molecular flexibility index (Phi) is 5.03. The molecule has 0 radical (unpaired) electrons. The van der Waals surface area contributed by atoms with E-state index in [4.69, 9.17) is 16.9 Å². The first kappa shape index (κ1) is 15.3. The molecule has 0 bridgehead atoms. The van der Waals surface area contributed by atoms with Crippen LogP contribution in [0.25, 0.3) is 0 Å². The molecule has 1 fully saturated rings. The normalized spacial score (nSPS) is 17.8. The molecule has 1 aromatic carbocycles. The van der Waals surface area contributed by atoms with Gasteiger partial charge in [-0.15, -0.1) is 0 Å². The van der Waals surface area contributed by atoms with E-state index < -0.39 is 9.84 Å². The summed E-state index contributed by atoms with van der Waals surface area (Å²) < 4.78 is 24.4. The van der Waals surface area contributed by atoms with Gasteiger partial charge in [-0.05, 0) is 50.2 Å². The lowest BCUT2D eigenvalue weighted by atomic mass is 9.99. The summed E-state index contributed by atoms with van der Waals surface area (Å²) in [6.07, 6.45) is 1.66. The van der Waals surface area contributed by atoms with E-state index in [0.29, 0.717) is 16.5 Å². The van der Waals surface area contributed by atoms with Crippen molar-refractivity contribution in [2.45, 2.75) is 17.7 Å². The van der Waals surface area contributed by atoms with Gasteiger partial charge in [0.2, 0.25) is 0 Å². The maximum absolute atomic E-state index is 12.2. The SMILES string of the molecule is N#CC1CCN(CCS(=O)(=O)c2ccc(Cl)cc2)CC1. The van der Waals surface area contributed by atoms with Crippen LogP contribution in [0.5, 0.6) is 0 Å². The average molecular weight is 313 g/mol. The van der Waals surface area contributed by atoms with Crippen LogP contribution in [0.15, 0.2) is 29.2 Å². The van der Waals surface area contributed by atoms with Crippen molar-refractivity contribution in [2.24, 2.45) is 5.92 Å². The summed E-state index contributed by atoms with van der Waals surface area (Å²) in [4.78, 5) is 2.43. The van der Waals surface area contributed by atoms with E-state index in [1.807, 2.05) is 0 Å². The van der Waals surface area contributed by atoms with Crippen LogP contribution in [-0.2, 0) is 9.84 Å². The third-order valence-corrected chi connectivity index (χ3v) is 5.58. The predicted molar refractivity (Wildman–Crippen MR) is 78.3 cm³/mol. The van der Waals surface area contributed by atoms with Gasteiger partial charge in [0.15, 0.2) is 9.84 Å². The minimum atomic E-state index is -3.26. The Bertz CT molecular complexity index is 585. The Hall–Kier alpha value is -1.09. The predicted octanol–water partition coefficient (Wildman–Crippen LogP) is 2.35. The fraction of sp³-hybridized carbons (Fsp3) is 0.500. The molecule has 0 spiro atoms. The Balaban J connectivity index is 1.90. The Morgan fingerprint density at radius 1 is 1.25 bits per heavy atom. The first-order chi connectivity index (χ1) is 9.51. The summed E-state index contributed by atoms with van der Waals surface area (Å²) in [7, 11) is -3.26. The van der Waals surface area contributed by atoms with Crippen molar-refractivity contribution < 1.29 is 8.42 Å². The molecule has 0 atom stereocenters. The highest BCUT2D eigenvalue weighted by molar-refractivity contribution is 7.91. The molecule has 1 heterocycles. The van der Waals surface area contributed by atoms with E-state index in [1.54, 1.807) is 24.3 Å². The molecule has 1 aliphatic heterocycles. The van der Waals surface area contributed by atoms with Crippen molar-refractivity contribution in [1.29, 1.82) is 5.26 Å². The number of sulfone groups is 1. The molecule has 0 saturated carbocycles. The smallest absolute Gasteiger partial charge is 0.179 e. The Morgan fingerprint density at radius 3 is 2.40 bits per heavy atom. The second-order valence-electron chi connectivity index (χ2n) is 5.02. The van der Waals surface area contributed by atoms with Crippen molar-refractivity contribution in [1.82, 2.24) is 4.90 Å². The van der Waals surface area contributed by atoms with Crippen LogP contribution >= 0.6 is 11.6 Å². The summed E-state index contributed by atoms with van der Waals surface area (Å²) in [6.45, 7) is 2.12. The molecular formula is C14H17ClN2O2S. The number of nitriles is 1. The number of piperidine rings is 1. The van der Waals surface area contributed by atoms with Crippen molar-refractivity contribution in [3.63, 3.8) is 0 Å². The lowest BCUT2D eigenvalue weighted by Crippen LogP contribution is -2.36. The van der Waals surface area contributed by atoms with E-state index in [2.05, 4.69) is 11.0 Å². The molecular weight excluding hydrogens is 296 g/mol. The van der Waals surface area contributed by atoms with Crippen LogP contribution < -0.4 is 0 Å². The number of halogens is 1. The van der Waals surface area contributed by atoms with E-state index in [0.717, 1.165) is 25.9 Å². The average Bonchev–Trinajstić information content (AvgIpc) is 2.46. The van der Waals surface area contributed by atoms with Crippen LogP contribution in [0.3, 0.4) is 0 Å². The van der Waals surface area contributed by atoms with Crippen LogP contribution in [0, 0.1) is 17.2 Å². The first-order valence-electron chi connectivity index (χ1n) is 6.61. The van der Waals surface area contributed by atoms with Gasteiger partial charge in [-0.1, -0.05) is 11.6 Å². The molecule has 2 rings (SSSR count). The number of rotatable bonds is 4. The molecule has 0 unspecified atom stereocenters. The van der Waals surface area contributed by atoms with Gasteiger partial charge in [-0.3, -0.25) is 0 Å². The molecule has 1 aromatic rings. The van der Waals surface area contributed by atoms with Crippen molar-refractivity contribution in [2.75, 3.05) is 25.4 Å². The zero-order valence-corrected chi connectivity index (χ0v) is 12.7. The molecule has 0 aromatic heterocycles. The lowest BCUT2D eigenvalue weighted by molar-refractivity contribution is 0.216.